The molecule has 7 heteroatoms. The van der Waals surface area contributed by atoms with Gasteiger partial charge < -0.3 is 15.3 Å². The first-order valence-electron chi connectivity index (χ1n) is 8.40. The average molecular weight is 372 g/mol. The molecule has 6 nitrogen and oxygen atoms in total. The molecule has 0 saturated carbocycles. The average Bonchev–Trinajstić information content (AvgIpc) is 3.27. The number of likely N-dealkylation sites (tertiary alicyclic amines) is 1. The molecule has 2 aromatic rings. The van der Waals surface area contributed by atoms with Crippen LogP contribution in [0.15, 0.2) is 42.5 Å². The van der Waals surface area contributed by atoms with Crippen molar-refractivity contribution in [2.24, 2.45) is 5.92 Å². The van der Waals surface area contributed by atoms with Crippen LogP contribution in [0.2, 0.25) is 0 Å². The van der Waals surface area contributed by atoms with Crippen molar-refractivity contribution >= 4 is 29.1 Å². The first-order chi connectivity index (χ1) is 12.5. The van der Waals surface area contributed by atoms with Crippen LogP contribution in [0, 0.1) is 5.92 Å². The second-order valence-corrected chi connectivity index (χ2v) is 7.49. The second kappa shape index (κ2) is 7.70. The van der Waals surface area contributed by atoms with E-state index >= 15 is 0 Å². The minimum Gasteiger partial charge on any atom is -0.477 e. The smallest absolute Gasteiger partial charge is 0.345 e. The fourth-order valence-electron chi connectivity index (χ4n) is 3.10. The molecule has 2 atom stereocenters. The van der Waals surface area contributed by atoms with Crippen molar-refractivity contribution in [3.63, 3.8) is 0 Å². The summed E-state index contributed by atoms with van der Waals surface area (Å²) in [5.74, 6) is -1.55. The van der Waals surface area contributed by atoms with E-state index in [1.165, 1.54) is 6.07 Å². The fourth-order valence-corrected chi connectivity index (χ4v) is 3.89. The van der Waals surface area contributed by atoms with Crippen molar-refractivity contribution in [3.8, 4) is 0 Å². The number of carbonyl (C=O) groups excluding carboxylic acids is 2. The highest BCUT2D eigenvalue weighted by atomic mass is 32.1. The number of benzene rings is 1. The largest absolute Gasteiger partial charge is 0.477 e. The molecular weight excluding hydrogens is 352 g/mol. The molecule has 2 unspecified atom stereocenters. The Balaban J connectivity index is 1.57. The van der Waals surface area contributed by atoms with Gasteiger partial charge in [-0.15, -0.1) is 11.3 Å². The van der Waals surface area contributed by atoms with Gasteiger partial charge in [-0.2, -0.15) is 0 Å². The molecule has 2 heterocycles. The van der Waals surface area contributed by atoms with Crippen LogP contribution in [0.5, 0.6) is 0 Å². The molecule has 1 aromatic heterocycles. The van der Waals surface area contributed by atoms with E-state index in [1.807, 2.05) is 37.3 Å². The number of carbonyl (C=O) groups is 3. The molecule has 1 aliphatic heterocycles. The van der Waals surface area contributed by atoms with Gasteiger partial charge in [0, 0.05) is 17.8 Å². The molecule has 3 rings (SSSR count). The molecule has 0 aliphatic carbocycles. The number of amides is 2. The lowest BCUT2D eigenvalue weighted by Crippen LogP contribution is -2.33. The summed E-state index contributed by atoms with van der Waals surface area (Å²) in [7, 11) is 0. The summed E-state index contributed by atoms with van der Waals surface area (Å²) in [6, 6.07) is 12.9. The highest BCUT2D eigenvalue weighted by Gasteiger charge is 2.36. The van der Waals surface area contributed by atoms with Crippen molar-refractivity contribution in [2.75, 3.05) is 6.54 Å². The van der Waals surface area contributed by atoms with E-state index in [0.717, 1.165) is 21.8 Å². The monoisotopic (exact) mass is 372 g/mol. The fraction of sp³-hybridized carbons (Fsp3) is 0.316. The topological polar surface area (TPSA) is 86.7 Å². The molecule has 2 N–H and O–H groups in total. The van der Waals surface area contributed by atoms with Crippen molar-refractivity contribution in [1.29, 1.82) is 0 Å². The van der Waals surface area contributed by atoms with E-state index in [4.69, 9.17) is 5.11 Å². The first kappa shape index (κ1) is 18.1. The minimum atomic E-state index is -0.973. The Labute approximate surface area is 155 Å². The molecule has 2 amide bonds. The van der Waals surface area contributed by atoms with Crippen LogP contribution in [-0.2, 0) is 16.1 Å². The molecule has 1 aromatic carbocycles. The Hall–Kier alpha value is -2.67. The highest BCUT2D eigenvalue weighted by Crippen LogP contribution is 2.28. The van der Waals surface area contributed by atoms with Gasteiger partial charge in [0.1, 0.15) is 4.88 Å². The number of hydrogen-bond donors (Lipinski definition) is 2. The summed E-state index contributed by atoms with van der Waals surface area (Å²) in [5.41, 5.74) is 1.04. The van der Waals surface area contributed by atoms with Crippen molar-refractivity contribution in [1.82, 2.24) is 10.2 Å². The van der Waals surface area contributed by atoms with Crippen LogP contribution in [0.4, 0.5) is 0 Å². The van der Waals surface area contributed by atoms with Gasteiger partial charge in [-0.05, 0) is 24.6 Å². The van der Waals surface area contributed by atoms with Crippen LogP contribution in [0.1, 0.15) is 39.5 Å². The summed E-state index contributed by atoms with van der Waals surface area (Å²) >= 11 is 1.14. The Kier molecular flexibility index (Phi) is 5.37. The predicted molar refractivity (Wildman–Crippen MR) is 97.8 cm³/mol. The van der Waals surface area contributed by atoms with Crippen LogP contribution in [-0.4, -0.2) is 34.3 Å². The Morgan fingerprint density at radius 1 is 1.27 bits per heavy atom. The summed E-state index contributed by atoms with van der Waals surface area (Å²) in [4.78, 5) is 38.4. The first-order valence-corrected chi connectivity index (χ1v) is 9.21. The van der Waals surface area contributed by atoms with Crippen LogP contribution < -0.4 is 5.32 Å². The lowest BCUT2D eigenvalue weighted by Gasteiger charge is -2.25. The van der Waals surface area contributed by atoms with Gasteiger partial charge in [-0.25, -0.2) is 4.79 Å². The lowest BCUT2D eigenvalue weighted by atomic mass is 10.1. The van der Waals surface area contributed by atoms with Crippen molar-refractivity contribution in [3.05, 3.63) is 57.8 Å². The Bertz CT molecular complexity index is 818. The number of nitrogens with zero attached hydrogens (tertiary/aromatic N) is 1. The van der Waals surface area contributed by atoms with Gasteiger partial charge in [-0.1, -0.05) is 30.3 Å². The lowest BCUT2D eigenvalue weighted by molar-refractivity contribution is -0.130. The Morgan fingerprint density at radius 2 is 2.00 bits per heavy atom. The predicted octanol–water partition coefficient (Wildman–Crippen LogP) is 2.67. The third-order valence-corrected chi connectivity index (χ3v) is 5.66. The number of carboxylic acids is 1. The third-order valence-electron chi connectivity index (χ3n) is 4.59. The molecule has 0 bridgehead atoms. The van der Waals surface area contributed by atoms with Gasteiger partial charge in [0.2, 0.25) is 11.8 Å². The molecule has 1 aliphatic rings. The van der Waals surface area contributed by atoms with Gasteiger partial charge in [0.15, 0.2) is 0 Å². The molecule has 1 fully saturated rings. The third kappa shape index (κ3) is 3.94. The zero-order chi connectivity index (χ0) is 18.7. The van der Waals surface area contributed by atoms with E-state index < -0.39 is 5.97 Å². The van der Waals surface area contributed by atoms with Crippen LogP contribution >= 0.6 is 11.3 Å². The normalized spacial score (nSPS) is 18.0. The number of carboxylic acid groups (broad SMARTS) is 1. The van der Waals surface area contributed by atoms with E-state index in [2.05, 4.69) is 5.32 Å². The van der Waals surface area contributed by atoms with E-state index in [0.29, 0.717) is 6.54 Å². The highest BCUT2D eigenvalue weighted by molar-refractivity contribution is 7.13. The summed E-state index contributed by atoms with van der Waals surface area (Å²) in [6.45, 7) is 2.63. The number of rotatable bonds is 6. The number of hydrogen-bond acceptors (Lipinski definition) is 4. The molecule has 0 radical (unpaired) electrons. The van der Waals surface area contributed by atoms with E-state index in [9.17, 15) is 14.4 Å². The summed E-state index contributed by atoms with van der Waals surface area (Å²) in [5, 5.41) is 11.7. The van der Waals surface area contributed by atoms with E-state index in [1.54, 1.807) is 11.0 Å². The number of thiophene rings is 1. The van der Waals surface area contributed by atoms with Crippen molar-refractivity contribution < 1.29 is 19.5 Å². The summed E-state index contributed by atoms with van der Waals surface area (Å²) < 4.78 is 0. The zero-order valence-electron chi connectivity index (χ0n) is 14.3. The Morgan fingerprint density at radius 3 is 2.65 bits per heavy atom. The van der Waals surface area contributed by atoms with Gasteiger partial charge in [0.25, 0.3) is 0 Å². The molecular formula is C19H20N2O4S. The van der Waals surface area contributed by atoms with E-state index in [-0.39, 0.29) is 41.6 Å². The molecule has 26 heavy (non-hydrogen) atoms. The number of nitrogens with one attached hydrogen (secondary N) is 1. The maximum absolute atomic E-state index is 12.4. The standard InChI is InChI=1S/C19H20N2O4S/c1-12(13-5-3-2-4-6-13)21-11-14(9-17(21)22)18(23)20-10-15-7-8-16(26-15)19(24)25/h2-8,12,14H,9-11H2,1H3,(H,20,23)(H,24,25). The molecule has 136 valence electrons. The molecule has 1 saturated heterocycles. The quantitative estimate of drug-likeness (QED) is 0.816. The zero-order valence-corrected chi connectivity index (χ0v) is 15.2. The maximum atomic E-state index is 12.4. The second-order valence-electron chi connectivity index (χ2n) is 6.32. The van der Waals surface area contributed by atoms with Gasteiger partial charge in [0.05, 0.1) is 18.5 Å². The van der Waals surface area contributed by atoms with Crippen LogP contribution in [0.3, 0.4) is 0 Å². The number of aromatic carboxylic acids is 1. The maximum Gasteiger partial charge on any atom is 0.345 e. The van der Waals surface area contributed by atoms with Gasteiger partial charge >= 0.3 is 5.97 Å². The minimum absolute atomic E-state index is 0.0224. The van der Waals surface area contributed by atoms with Gasteiger partial charge in [-0.3, -0.25) is 9.59 Å². The molecule has 0 spiro atoms. The van der Waals surface area contributed by atoms with Crippen LogP contribution in [0.25, 0.3) is 0 Å². The summed E-state index contributed by atoms with van der Waals surface area (Å²) in [6.07, 6.45) is 0.202. The SMILES string of the molecule is CC(c1ccccc1)N1CC(C(=O)NCc2ccc(C(=O)O)s2)CC1=O. The van der Waals surface area contributed by atoms with Crippen molar-refractivity contribution in [2.45, 2.75) is 25.9 Å².